The molecular weight excluding hydrogens is 158 g/mol. The quantitative estimate of drug-likeness (QED) is 0.638. The molecule has 1 aromatic carbocycles. The van der Waals surface area contributed by atoms with Gasteiger partial charge in [0.15, 0.2) is 0 Å². The van der Waals surface area contributed by atoms with E-state index in [0.29, 0.717) is 0 Å². The van der Waals surface area contributed by atoms with E-state index in [9.17, 15) is 0 Å². The highest BCUT2D eigenvalue weighted by molar-refractivity contribution is 5.62. The molecule has 0 saturated heterocycles. The van der Waals surface area contributed by atoms with Crippen LogP contribution in [-0.4, -0.2) is 6.54 Å². The minimum atomic E-state index is 0.718. The second-order valence-electron chi connectivity index (χ2n) is 4.09. The fourth-order valence-electron chi connectivity index (χ4n) is 2.05. The molecule has 1 aromatic rings. The van der Waals surface area contributed by atoms with Gasteiger partial charge in [0.1, 0.15) is 0 Å². The molecule has 0 amide bonds. The van der Waals surface area contributed by atoms with Crippen molar-refractivity contribution in [2.75, 3.05) is 11.9 Å². The Kier molecular flexibility index (Phi) is 2.03. The highest BCUT2D eigenvalue weighted by Crippen LogP contribution is 2.34. The third-order valence-electron chi connectivity index (χ3n) is 3.18. The topological polar surface area (TPSA) is 12.0 Å². The molecule has 0 aromatic heterocycles. The highest BCUT2D eigenvalue weighted by atomic mass is 14.9. The lowest BCUT2D eigenvalue weighted by Gasteiger charge is -2.26. The molecule has 1 nitrogen and oxygen atoms in total. The molecule has 1 atom stereocenters. The predicted molar refractivity (Wildman–Crippen MR) is 57.4 cm³/mol. The maximum atomic E-state index is 3.50. The van der Waals surface area contributed by atoms with Crippen LogP contribution in [-0.2, 0) is 0 Å². The van der Waals surface area contributed by atoms with Crippen molar-refractivity contribution in [3.8, 4) is 0 Å². The molecule has 1 heteroatoms. The maximum Gasteiger partial charge on any atom is 0.0407 e. The zero-order chi connectivity index (χ0) is 9.42. The first kappa shape index (κ1) is 8.61. The smallest absolute Gasteiger partial charge is 0.0407 e. The third kappa shape index (κ3) is 1.32. The lowest BCUT2D eigenvalue weighted by molar-refractivity contribution is 0.682. The van der Waals surface area contributed by atoms with Crippen LogP contribution in [0.15, 0.2) is 12.1 Å². The highest BCUT2D eigenvalue weighted by Gasteiger charge is 2.17. The van der Waals surface area contributed by atoms with Gasteiger partial charge in [0.2, 0.25) is 0 Å². The summed E-state index contributed by atoms with van der Waals surface area (Å²) in [5, 5.41) is 3.50. The molecule has 1 unspecified atom stereocenters. The number of nitrogens with one attached hydrogen (secondary N) is 1. The van der Waals surface area contributed by atoms with Gasteiger partial charge in [0.25, 0.3) is 0 Å². The number of hydrogen-bond acceptors (Lipinski definition) is 1. The van der Waals surface area contributed by atoms with E-state index in [1.807, 2.05) is 0 Å². The van der Waals surface area contributed by atoms with Crippen molar-refractivity contribution in [2.24, 2.45) is 0 Å². The number of rotatable bonds is 0. The van der Waals surface area contributed by atoms with Crippen molar-refractivity contribution in [2.45, 2.75) is 33.1 Å². The zero-order valence-electron chi connectivity index (χ0n) is 8.65. The van der Waals surface area contributed by atoms with E-state index in [-0.39, 0.29) is 0 Å². The van der Waals surface area contributed by atoms with Gasteiger partial charge in [-0.1, -0.05) is 19.1 Å². The summed E-state index contributed by atoms with van der Waals surface area (Å²) in [7, 11) is 0. The van der Waals surface area contributed by atoms with Crippen molar-refractivity contribution in [1.82, 2.24) is 0 Å². The minimum Gasteiger partial charge on any atom is -0.385 e. The summed E-state index contributed by atoms with van der Waals surface area (Å²) in [4.78, 5) is 0. The van der Waals surface area contributed by atoms with Crippen molar-refractivity contribution in [3.05, 3.63) is 28.8 Å². The summed E-state index contributed by atoms with van der Waals surface area (Å²) < 4.78 is 0. The van der Waals surface area contributed by atoms with Gasteiger partial charge < -0.3 is 5.32 Å². The predicted octanol–water partition coefficient (Wildman–Crippen LogP) is 3.22. The van der Waals surface area contributed by atoms with Crippen LogP contribution in [0.1, 0.15) is 36.0 Å². The molecule has 1 aliphatic heterocycles. The summed E-state index contributed by atoms with van der Waals surface area (Å²) in [6, 6.07) is 4.51. The Balaban J connectivity index is 2.56. The first-order chi connectivity index (χ1) is 6.20. The number of fused-ring (bicyclic) bond motifs is 1. The lowest BCUT2D eigenvalue weighted by Crippen LogP contribution is -2.16. The van der Waals surface area contributed by atoms with Crippen LogP contribution in [0.4, 0.5) is 5.69 Å². The molecule has 0 bridgehead atoms. The Hall–Kier alpha value is -0.980. The normalized spacial score (nSPS) is 20.7. The van der Waals surface area contributed by atoms with Crippen molar-refractivity contribution < 1.29 is 0 Å². The van der Waals surface area contributed by atoms with E-state index >= 15 is 0 Å². The molecule has 2 rings (SSSR count). The van der Waals surface area contributed by atoms with Crippen molar-refractivity contribution in [1.29, 1.82) is 0 Å². The summed E-state index contributed by atoms with van der Waals surface area (Å²) in [5.41, 5.74) is 5.69. The van der Waals surface area contributed by atoms with Crippen LogP contribution >= 0.6 is 0 Å². The Morgan fingerprint density at radius 3 is 2.85 bits per heavy atom. The van der Waals surface area contributed by atoms with E-state index < -0.39 is 0 Å². The van der Waals surface area contributed by atoms with E-state index in [4.69, 9.17) is 0 Å². The van der Waals surface area contributed by atoms with Crippen LogP contribution in [0, 0.1) is 13.8 Å². The molecule has 0 spiro atoms. The monoisotopic (exact) mass is 175 g/mol. The molecule has 1 heterocycles. The summed E-state index contributed by atoms with van der Waals surface area (Å²) in [6.45, 7) is 7.82. The van der Waals surface area contributed by atoms with Gasteiger partial charge in [-0.05, 0) is 42.9 Å². The molecule has 0 fully saturated rings. The first-order valence-electron chi connectivity index (χ1n) is 5.04. The molecular formula is C12H17N. The Morgan fingerprint density at radius 1 is 1.31 bits per heavy atom. The minimum absolute atomic E-state index is 0.718. The fraction of sp³-hybridized carbons (Fsp3) is 0.500. The van der Waals surface area contributed by atoms with Crippen LogP contribution in [0.2, 0.25) is 0 Å². The second kappa shape index (κ2) is 3.06. The number of hydrogen-bond donors (Lipinski definition) is 1. The first-order valence-corrected chi connectivity index (χ1v) is 5.04. The van der Waals surface area contributed by atoms with Crippen molar-refractivity contribution >= 4 is 5.69 Å². The van der Waals surface area contributed by atoms with Crippen LogP contribution < -0.4 is 5.32 Å². The summed E-state index contributed by atoms with van der Waals surface area (Å²) >= 11 is 0. The second-order valence-corrected chi connectivity index (χ2v) is 4.09. The van der Waals surface area contributed by atoms with Gasteiger partial charge in [0, 0.05) is 12.2 Å². The van der Waals surface area contributed by atoms with E-state index in [1.165, 1.54) is 28.8 Å². The maximum absolute atomic E-state index is 3.50. The molecule has 0 radical (unpaired) electrons. The number of aryl methyl sites for hydroxylation is 1. The summed E-state index contributed by atoms with van der Waals surface area (Å²) in [5.74, 6) is 0.718. The standard InChI is InChI=1S/C12H17N/c1-8-4-5-11-9(2)6-7-13-12(11)10(8)3/h4-5,9,13H,6-7H2,1-3H3. The fourth-order valence-corrected chi connectivity index (χ4v) is 2.05. The van der Waals surface area contributed by atoms with Gasteiger partial charge in [-0.2, -0.15) is 0 Å². The molecule has 0 aliphatic carbocycles. The van der Waals surface area contributed by atoms with Crippen LogP contribution in [0.3, 0.4) is 0 Å². The van der Waals surface area contributed by atoms with Gasteiger partial charge >= 0.3 is 0 Å². The van der Waals surface area contributed by atoms with Gasteiger partial charge in [-0.15, -0.1) is 0 Å². The Labute approximate surface area is 80.2 Å². The van der Waals surface area contributed by atoms with E-state index in [0.717, 1.165) is 12.5 Å². The van der Waals surface area contributed by atoms with E-state index in [1.54, 1.807) is 0 Å². The molecule has 1 aliphatic rings. The Bertz CT molecular complexity index is 328. The van der Waals surface area contributed by atoms with Crippen molar-refractivity contribution in [3.63, 3.8) is 0 Å². The van der Waals surface area contributed by atoms with Gasteiger partial charge in [-0.25, -0.2) is 0 Å². The summed E-state index contributed by atoms with van der Waals surface area (Å²) in [6.07, 6.45) is 1.26. The largest absolute Gasteiger partial charge is 0.385 e. The Morgan fingerprint density at radius 2 is 2.08 bits per heavy atom. The molecule has 0 saturated carbocycles. The average molecular weight is 175 g/mol. The molecule has 13 heavy (non-hydrogen) atoms. The number of benzene rings is 1. The van der Waals surface area contributed by atoms with Crippen LogP contribution in [0.25, 0.3) is 0 Å². The van der Waals surface area contributed by atoms with Crippen LogP contribution in [0.5, 0.6) is 0 Å². The SMILES string of the molecule is Cc1ccc2c(c1C)NCCC2C. The van der Waals surface area contributed by atoms with Gasteiger partial charge in [-0.3, -0.25) is 0 Å². The zero-order valence-corrected chi connectivity index (χ0v) is 8.65. The molecule has 70 valence electrons. The third-order valence-corrected chi connectivity index (χ3v) is 3.18. The average Bonchev–Trinajstić information content (AvgIpc) is 2.12. The van der Waals surface area contributed by atoms with Gasteiger partial charge in [0.05, 0.1) is 0 Å². The lowest BCUT2D eigenvalue weighted by atomic mass is 9.89. The van der Waals surface area contributed by atoms with E-state index in [2.05, 4.69) is 38.2 Å². The molecule has 1 N–H and O–H groups in total. The number of anilines is 1.